The van der Waals surface area contributed by atoms with Gasteiger partial charge in [0, 0.05) is 18.7 Å². The minimum atomic E-state index is -0.366. The molecule has 5 heteroatoms. The van der Waals surface area contributed by atoms with Crippen LogP contribution in [0.1, 0.15) is 19.3 Å². The van der Waals surface area contributed by atoms with E-state index in [0.29, 0.717) is 12.3 Å². The highest BCUT2D eigenvalue weighted by Crippen LogP contribution is 2.12. The van der Waals surface area contributed by atoms with E-state index in [4.69, 9.17) is 6.42 Å². The van der Waals surface area contributed by atoms with Crippen molar-refractivity contribution in [3.8, 4) is 12.3 Å². The summed E-state index contributed by atoms with van der Waals surface area (Å²) in [5, 5.41) is 5.23. The predicted molar refractivity (Wildman–Crippen MR) is 60.5 cm³/mol. The van der Waals surface area contributed by atoms with Crippen molar-refractivity contribution in [3.63, 3.8) is 0 Å². The fourth-order valence-electron chi connectivity index (χ4n) is 1.21. The number of carbonyl (C=O) groups is 2. The second-order valence-electron chi connectivity index (χ2n) is 3.25. The molecule has 1 aliphatic rings. The van der Waals surface area contributed by atoms with E-state index in [-0.39, 0.29) is 17.2 Å². The molecule has 1 aliphatic heterocycles. The molecule has 15 heavy (non-hydrogen) atoms. The Balaban J connectivity index is 2.09. The van der Waals surface area contributed by atoms with Crippen LogP contribution in [-0.2, 0) is 4.79 Å². The molecule has 0 bridgehead atoms. The second-order valence-corrected chi connectivity index (χ2v) is 4.24. The summed E-state index contributed by atoms with van der Waals surface area (Å²) in [6.45, 7) is 0.623. The van der Waals surface area contributed by atoms with Crippen molar-refractivity contribution in [1.29, 1.82) is 0 Å². The molecular formula is C10H14N2O2S. The Kier molecular flexibility index (Phi) is 5.05. The van der Waals surface area contributed by atoms with E-state index in [2.05, 4.69) is 16.6 Å². The van der Waals surface area contributed by atoms with Gasteiger partial charge in [-0.25, -0.2) is 0 Å². The van der Waals surface area contributed by atoms with E-state index >= 15 is 0 Å². The van der Waals surface area contributed by atoms with E-state index in [9.17, 15) is 9.59 Å². The quantitative estimate of drug-likeness (QED) is 0.537. The molecule has 1 fully saturated rings. The highest BCUT2D eigenvalue weighted by Gasteiger charge is 2.27. The Labute approximate surface area is 93.6 Å². The topological polar surface area (TPSA) is 58.2 Å². The monoisotopic (exact) mass is 226 g/mol. The number of hydrogen-bond acceptors (Lipinski definition) is 3. The van der Waals surface area contributed by atoms with Gasteiger partial charge in [0.15, 0.2) is 0 Å². The molecule has 0 spiro atoms. The van der Waals surface area contributed by atoms with Crippen molar-refractivity contribution in [1.82, 2.24) is 10.6 Å². The lowest BCUT2D eigenvalue weighted by molar-refractivity contribution is -0.122. The molecule has 0 radical (unpaired) electrons. The molecule has 0 aromatic rings. The zero-order chi connectivity index (χ0) is 11.1. The van der Waals surface area contributed by atoms with Crippen molar-refractivity contribution < 1.29 is 9.59 Å². The standard InChI is InChI=1S/C10H14N2O2S/c1-2-3-4-5-6-11-9(13)8-7-15-10(14)12-8/h1,8H,3-7H2,(H,11,13)(H,12,14). The third-order valence-corrected chi connectivity index (χ3v) is 2.92. The first-order chi connectivity index (χ1) is 7.24. The first-order valence-corrected chi connectivity index (χ1v) is 5.87. The van der Waals surface area contributed by atoms with Crippen molar-refractivity contribution in [2.75, 3.05) is 12.3 Å². The first-order valence-electron chi connectivity index (χ1n) is 4.88. The van der Waals surface area contributed by atoms with Gasteiger partial charge in [-0.2, -0.15) is 0 Å². The Morgan fingerprint density at radius 2 is 2.47 bits per heavy atom. The fourth-order valence-corrected chi connectivity index (χ4v) is 1.99. The van der Waals surface area contributed by atoms with Crippen LogP contribution in [0, 0.1) is 12.3 Å². The van der Waals surface area contributed by atoms with Crippen LogP contribution in [0.4, 0.5) is 4.79 Å². The van der Waals surface area contributed by atoms with Crippen LogP contribution in [0.3, 0.4) is 0 Å². The summed E-state index contributed by atoms with van der Waals surface area (Å²) in [6, 6.07) is -0.366. The summed E-state index contributed by atoms with van der Waals surface area (Å²) in [7, 11) is 0. The van der Waals surface area contributed by atoms with E-state index in [1.165, 1.54) is 0 Å². The van der Waals surface area contributed by atoms with Gasteiger partial charge in [0.05, 0.1) is 0 Å². The zero-order valence-corrected chi connectivity index (χ0v) is 9.23. The van der Waals surface area contributed by atoms with Crippen molar-refractivity contribution in [2.24, 2.45) is 0 Å². The molecule has 1 saturated heterocycles. The summed E-state index contributed by atoms with van der Waals surface area (Å²) < 4.78 is 0. The SMILES string of the molecule is C#CCCCCNC(=O)C1CSC(=O)N1. The Morgan fingerprint density at radius 3 is 3.07 bits per heavy atom. The number of unbranched alkanes of at least 4 members (excludes halogenated alkanes) is 2. The summed E-state index contributed by atoms with van der Waals surface area (Å²) in [6.07, 6.45) is 7.64. The number of terminal acetylenes is 1. The third-order valence-electron chi connectivity index (χ3n) is 2.04. The smallest absolute Gasteiger partial charge is 0.279 e. The van der Waals surface area contributed by atoms with E-state index in [1.807, 2.05) is 0 Å². The van der Waals surface area contributed by atoms with Crippen LogP contribution >= 0.6 is 11.8 Å². The molecule has 1 atom stereocenters. The summed E-state index contributed by atoms with van der Waals surface area (Å²) >= 11 is 1.14. The van der Waals surface area contributed by atoms with Gasteiger partial charge in [-0.3, -0.25) is 9.59 Å². The normalized spacial score (nSPS) is 19.4. The van der Waals surface area contributed by atoms with Crippen molar-refractivity contribution >= 4 is 22.9 Å². The molecule has 0 aromatic heterocycles. The Hall–Kier alpha value is -1.15. The molecule has 1 unspecified atom stereocenters. The maximum Gasteiger partial charge on any atom is 0.279 e. The van der Waals surface area contributed by atoms with Gasteiger partial charge >= 0.3 is 0 Å². The lowest BCUT2D eigenvalue weighted by Crippen LogP contribution is -2.43. The van der Waals surface area contributed by atoms with Gasteiger partial charge < -0.3 is 10.6 Å². The van der Waals surface area contributed by atoms with Gasteiger partial charge in [0.1, 0.15) is 6.04 Å². The van der Waals surface area contributed by atoms with Gasteiger partial charge in [-0.15, -0.1) is 12.3 Å². The van der Waals surface area contributed by atoms with Gasteiger partial charge in [0.2, 0.25) is 5.91 Å². The van der Waals surface area contributed by atoms with E-state index in [1.54, 1.807) is 0 Å². The minimum Gasteiger partial charge on any atom is -0.354 e. The largest absolute Gasteiger partial charge is 0.354 e. The van der Waals surface area contributed by atoms with Gasteiger partial charge in [-0.1, -0.05) is 11.8 Å². The molecule has 82 valence electrons. The fraction of sp³-hybridized carbons (Fsp3) is 0.600. The first kappa shape index (κ1) is 11.9. The molecular weight excluding hydrogens is 212 g/mol. The minimum absolute atomic E-state index is 0.103. The Bertz CT molecular complexity index is 286. The third kappa shape index (κ3) is 4.26. The second kappa shape index (κ2) is 6.36. The molecule has 2 N–H and O–H groups in total. The van der Waals surface area contributed by atoms with Crippen LogP contribution in [0.2, 0.25) is 0 Å². The summed E-state index contributed by atoms with van der Waals surface area (Å²) in [5.74, 6) is 2.96. The van der Waals surface area contributed by atoms with Crippen molar-refractivity contribution in [2.45, 2.75) is 25.3 Å². The molecule has 0 aliphatic carbocycles. The number of carbonyl (C=O) groups excluding carboxylic acids is 2. The predicted octanol–water partition coefficient (Wildman–Crippen LogP) is 0.731. The number of hydrogen-bond donors (Lipinski definition) is 2. The number of amides is 2. The lowest BCUT2D eigenvalue weighted by Gasteiger charge is -2.09. The lowest BCUT2D eigenvalue weighted by atomic mass is 10.2. The zero-order valence-electron chi connectivity index (χ0n) is 8.41. The van der Waals surface area contributed by atoms with Gasteiger partial charge in [-0.05, 0) is 12.8 Å². The number of rotatable bonds is 5. The van der Waals surface area contributed by atoms with Gasteiger partial charge in [0.25, 0.3) is 5.24 Å². The number of nitrogens with one attached hydrogen (secondary N) is 2. The van der Waals surface area contributed by atoms with Crippen LogP contribution in [0.15, 0.2) is 0 Å². The highest BCUT2D eigenvalue weighted by atomic mass is 32.2. The summed E-state index contributed by atoms with van der Waals surface area (Å²) in [5.41, 5.74) is 0. The molecule has 0 aromatic carbocycles. The van der Waals surface area contributed by atoms with Crippen LogP contribution < -0.4 is 10.6 Å². The number of thioether (sulfide) groups is 1. The Morgan fingerprint density at radius 1 is 1.67 bits per heavy atom. The maximum absolute atomic E-state index is 11.4. The average molecular weight is 226 g/mol. The molecule has 4 nitrogen and oxygen atoms in total. The van der Waals surface area contributed by atoms with Crippen LogP contribution in [0.5, 0.6) is 0 Å². The molecule has 2 amide bonds. The van der Waals surface area contributed by atoms with E-state index < -0.39 is 0 Å². The highest BCUT2D eigenvalue weighted by molar-refractivity contribution is 8.14. The maximum atomic E-state index is 11.4. The molecule has 1 rings (SSSR count). The van der Waals surface area contributed by atoms with Crippen LogP contribution in [0.25, 0.3) is 0 Å². The summed E-state index contributed by atoms with van der Waals surface area (Å²) in [4.78, 5) is 22.3. The molecule has 0 saturated carbocycles. The van der Waals surface area contributed by atoms with Crippen LogP contribution in [-0.4, -0.2) is 29.5 Å². The van der Waals surface area contributed by atoms with E-state index in [0.717, 1.165) is 31.0 Å². The average Bonchev–Trinajstić information content (AvgIpc) is 2.64. The van der Waals surface area contributed by atoms with Crippen molar-refractivity contribution in [3.05, 3.63) is 0 Å². The molecule has 1 heterocycles.